The van der Waals surface area contributed by atoms with Gasteiger partial charge in [0.2, 0.25) is 0 Å². The second kappa shape index (κ2) is 7.56. The summed E-state index contributed by atoms with van der Waals surface area (Å²) in [4.78, 5) is 10.3. The molecule has 4 aromatic heterocycles. The van der Waals surface area contributed by atoms with Gasteiger partial charge < -0.3 is 0 Å². The maximum absolute atomic E-state index is 5.28. The number of fused-ring (bicyclic) bond motifs is 2. The Bertz CT molecular complexity index is 1520. The van der Waals surface area contributed by atoms with Crippen LogP contribution >= 0.6 is 45.7 Å². The van der Waals surface area contributed by atoms with E-state index in [4.69, 9.17) is 13.7 Å². The Balaban J connectivity index is 1.78. The van der Waals surface area contributed by atoms with Crippen LogP contribution in [0, 0.1) is 27.7 Å². The Hall–Kier alpha value is -2.45. The number of benzene rings is 2. The Morgan fingerprint density at radius 3 is 1.78 bits per heavy atom. The molecular formula is C25H19N3S4. The molecule has 0 atom stereocenters. The summed E-state index contributed by atoms with van der Waals surface area (Å²) in [6.45, 7) is 8.64. The summed E-state index contributed by atoms with van der Waals surface area (Å²) >= 11 is 6.67. The zero-order valence-electron chi connectivity index (χ0n) is 18.0. The summed E-state index contributed by atoms with van der Waals surface area (Å²) in [6.07, 6.45) is 0. The Labute approximate surface area is 202 Å². The van der Waals surface area contributed by atoms with Crippen LogP contribution in [-0.4, -0.2) is 13.7 Å². The molecule has 7 heteroatoms. The predicted octanol–water partition coefficient (Wildman–Crippen LogP) is 8.66. The average molecular weight is 490 g/mol. The van der Waals surface area contributed by atoms with E-state index in [0.717, 1.165) is 27.1 Å². The highest BCUT2D eigenvalue weighted by molar-refractivity contribution is 7.23. The first-order valence-electron chi connectivity index (χ1n) is 10.3. The van der Waals surface area contributed by atoms with E-state index < -0.39 is 0 Å². The van der Waals surface area contributed by atoms with E-state index in [0.29, 0.717) is 0 Å². The van der Waals surface area contributed by atoms with Gasteiger partial charge in [0.05, 0.1) is 21.9 Å². The van der Waals surface area contributed by atoms with E-state index in [2.05, 4.69) is 70.2 Å². The van der Waals surface area contributed by atoms with Crippen LogP contribution in [0.15, 0.2) is 42.5 Å². The molecule has 0 saturated heterocycles. The summed E-state index contributed by atoms with van der Waals surface area (Å²) < 4.78 is 10.8. The first-order valence-corrected chi connectivity index (χ1v) is 13.5. The topological polar surface area (TPSA) is 38.7 Å². The van der Waals surface area contributed by atoms with Crippen LogP contribution in [0.4, 0.5) is 0 Å². The summed E-state index contributed by atoms with van der Waals surface area (Å²) in [5.74, 6) is 0. The van der Waals surface area contributed by atoms with Gasteiger partial charge in [0.25, 0.3) is 0 Å². The molecule has 6 rings (SSSR count). The highest BCUT2D eigenvalue weighted by Gasteiger charge is 2.25. The summed E-state index contributed by atoms with van der Waals surface area (Å²) in [5, 5.41) is 1.07. The van der Waals surface area contributed by atoms with Crippen molar-refractivity contribution >= 4 is 67.0 Å². The molecule has 32 heavy (non-hydrogen) atoms. The van der Waals surface area contributed by atoms with Crippen molar-refractivity contribution in [3.63, 3.8) is 0 Å². The quantitative estimate of drug-likeness (QED) is 0.250. The van der Waals surface area contributed by atoms with Gasteiger partial charge in [-0.3, -0.25) is 0 Å². The Morgan fingerprint density at radius 2 is 1.19 bits per heavy atom. The van der Waals surface area contributed by atoms with Gasteiger partial charge in [-0.25, -0.2) is 4.98 Å². The lowest BCUT2D eigenvalue weighted by molar-refractivity contribution is 1.35. The van der Waals surface area contributed by atoms with Crippen molar-refractivity contribution in [1.82, 2.24) is 13.7 Å². The third-order valence-electron chi connectivity index (χ3n) is 5.72. The molecule has 0 bridgehead atoms. The Kier molecular flexibility index (Phi) is 4.76. The van der Waals surface area contributed by atoms with E-state index in [1.807, 2.05) is 11.3 Å². The van der Waals surface area contributed by atoms with Gasteiger partial charge in [-0.2, -0.15) is 8.75 Å². The third-order valence-corrected chi connectivity index (χ3v) is 9.38. The second-order valence-corrected chi connectivity index (χ2v) is 12.1. The van der Waals surface area contributed by atoms with E-state index >= 15 is 0 Å². The van der Waals surface area contributed by atoms with Crippen molar-refractivity contribution in [3.8, 4) is 31.5 Å². The van der Waals surface area contributed by atoms with E-state index in [9.17, 15) is 0 Å². The van der Waals surface area contributed by atoms with Gasteiger partial charge in [0.15, 0.2) is 0 Å². The first-order chi connectivity index (χ1) is 15.5. The number of hydrogen-bond acceptors (Lipinski definition) is 7. The lowest BCUT2D eigenvalue weighted by atomic mass is 10.0. The molecule has 0 spiro atoms. The molecule has 0 aliphatic rings. The van der Waals surface area contributed by atoms with Gasteiger partial charge in [-0.1, -0.05) is 18.2 Å². The highest BCUT2D eigenvalue weighted by Crippen LogP contribution is 2.49. The normalized spacial score (nSPS) is 11.8. The van der Waals surface area contributed by atoms with Crippen molar-refractivity contribution in [2.24, 2.45) is 0 Å². The molecular weight excluding hydrogens is 471 g/mol. The van der Waals surface area contributed by atoms with Crippen molar-refractivity contribution in [2.75, 3.05) is 0 Å². The van der Waals surface area contributed by atoms with Gasteiger partial charge >= 0.3 is 0 Å². The van der Waals surface area contributed by atoms with Crippen molar-refractivity contribution in [3.05, 3.63) is 63.3 Å². The maximum atomic E-state index is 5.28. The van der Waals surface area contributed by atoms with Crippen molar-refractivity contribution in [1.29, 1.82) is 0 Å². The van der Waals surface area contributed by atoms with E-state index in [1.165, 1.54) is 58.2 Å². The van der Waals surface area contributed by atoms with Gasteiger partial charge in [-0.15, -0.1) is 34.0 Å². The molecule has 4 heterocycles. The monoisotopic (exact) mass is 489 g/mol. The summed E-state index contributed by atoms with van der Waals surface area (Å²) in [7, 11) is 0. The zero-order valence-corrected chi connectivity index (χ0v) is 21.3. The molecule has 6 aromatic rings. The molecule has 158 valence electrons. The number of aryl methyl sites for hydroxylation is 4. The number of aromatic nitrogens is 3. The van der Waals surface area contributed by atoms with Crippen molar-refractivity contribution < 1.29 is 0 Å². The minimum absolute atomic E-state index is 0.962. The fourth-order valence-corrected chi connectivity index (χ4v) is 8.02. The minimum atomic E-state index is 0.962. The third kappa shape index (κ3) is 3.07. The van der Waals surface area contributed by atoms with Gasteiger partial charge in [0.1, 0.15) is 16.0 Å². The molecule has 0 radical (unpaired) electrons. The largest absolute Gasteiger partial charge is 0.235 e. The van der Waals surface area contributed by atoms with Crippen LogP contribution in [0.1, 0.15) is 20.9 Å². The Morgan fingerprint density at radius 1 is 0.594 bits per heavy atom. The molecule has 3 nitrogen and oxygen atoms in total. The molecule has 2 aromatic carbocycles. The number of rotatable bonds is 3. The fraction of sp³-hybridized carbons (Fsp3) is 0.160. The molecule has 0 N–H and O–H groups in total. The SMILES string of the molecule is Cc1ccc(-c2c3nsnc3c(-c3ccc(C)s3)c3sc(-c4c(C)cccc4C)nc23)s1. The smallest absolute Gasteiger partial charge is 0.125 e. The van der Waals surface area contributed by atoms with Crippen LogP contribution in [-0.2, 0) is 0 Å². The zero-order chi connectivity index (χ0) is 22.0. The van der Waals surface area contributed by atoms with Crippen LogP contribution in [0.5, 0.6) is 0 Å². The van der Waals surface area contributed by atoms with Crippen molar-refractivity contribution in [2.45, 2.75) is 27.7 Å². The molecule has 0 aliphatic carbocycles. The summed E-state index contributed by atoms with van der Waals surface area (Å²) in [5.41, 5.74) is 9.02. The number of thiazole rings is 1. The molecule has 0 unspecified atom stereocenters. The average Bonchev–Trinajstić information content (AvgIpc) is 3.53. The maximum Gasteiger partial charge on any atom is 0.125 e. The lowest BCUT2D eigenvalue weighted by Crippen LogP contribution is -1.88. The molecule has 0 aliphatic heterocycles. The van der Waals surface area contributed by atoms with Crippen LogP contribution in [0.3, 0.4) is 0 Å². The molecule has 0 saturated carbocycles. The predicted molar refractivity (Wildman–Crippen MR) is 142 cm³/mol. The molecule has 0 amide bonds. The number of thiophene rings is 2. The standard InChI is InChI=1S/C25H19N3S4/c1-12-6-5-7-13(2)18(12)25-26-23-19(16-10-8-14(3)29-16)21-22(28-32-27-21)20(24(23)31-25)17-11-9-15(4)30-17/h5-11H,1-4H3. The van der Waals surface area contributed by atoms with E-state index in [1.54, 1.807) is 22.7 Å². The fourth-order valence-electron chi connectivity index (χ4n) is 4.25. The van der Waals surface area contributed by atoms with Gasteiger partial charge in [0, 0.05) is 36.2 Å². The van der Waals surface area contributed by atoms with Crippen LogP contribution < -0.4 is 0 Å². The second-order valence-electron chi connectivity index (χ2n) is 8.00. The lowest BCUT2D eigenvalue weighted by Gasteiger charge is -2.06. The highest BCUT2D eigenvalue weighted by atomic mass is 32.1. The number of hydrogen-bond donors (Lipinski definition) is 0. The van der Waals surface area contributed by atoms with Gasteiger partial charge in [-0.05, 0) is 63.1 Å². The van der Waals surface area contributed by atoms with Crippen LogP contribution in [0.2, 0.25) is 0 Å². The summed E-state index contributed by atoms with van der Waals surface area (Å²) in [6, 6.07) is 15.2. The van der Waals surface area contributed by atoms with Crippen LogP contribution in [0.25, 0.3) is 52.7 Å². The van der Waals surface area contributed by atoms with E-state index in [-0.39, 0.29) is 0 Å². The minimum Gasteiger partial charge on any atom is -0.235 e. The number of nitrogens with zero attached hydrogens (tertiary/aromatic N) is 3. The molecule has 0 fully saturated rings. The first kappa shape index (κ1) is 20.2.